The molecule has 0 amide bonds. The standard InChI is InChI=1S/C9H12.C6H12O/c1-8(2)9-6-4-3-5-7-9;1-5(2)4-6(3)7/h3-8H,1-2H3;5H,4H2,1-3H3. The van der Waals surface area contributed by atoms with Gasteiger partial charge in [0.1, 0.15) is 5.78 Å². The molecule has 90 valence electrons. The van der Waals surface area contributed by atoms with E-state index in [-0.39, 0.29) is 5.78 Å². The second-order valence-electron chi connectivity index (χ2n) is 4.87. The van der Waals surface area contributed by atoms with Gasteiger partial charge in [-0.3, -0.25) is 0 Å². The summed E-state index contributed by atoms with van der Waals surface area (Å²) in [5, 5.41) is 0. The van der Waals surface area contributed by atoms with Crippen LogP contribution in [0.15, 0.2) is 30.3 Å². The summed E-state index contributed by atoms with van der Waals surface area (Å²) in [6.45, 7) is 10.1. The lowest BCUT2D eigenvalue weighted by Crippen LogP contribution is -1.95. The fourth-order valence-electron chi connectivity index (χ4n) is 1.41. The van der Waals surface area contributed by atoms with Crippen molar-refractivity contribution in [2.24, 2.45) is 5.92 Å². The summed E-state index contributed by atoms with van der Waals surface area (Å²) >= 11 is 0. The highest BCUT2D eigenvalue weighted by Crippen LogP contribution is 2.11. The first kappa shape index (κ1) is 14.9. The minimum atomic E-state index is 0.287. The van der Waals surface area contributed by atoms with Crippen molar-refractivity contribution in [1.29, 1.82) is 0 Å². The highest BCUT2D eigenvalue weighted by Gasteiger charge is 1.95. The molecule has 0 heterocycles. The number of hydrogen-bond acceptors (Lipinski definition) is 1. The Labute approximate surface area is 99.9 Å². The summed E-state index contributed by atoms with van der Waals surface area (Å²) in [6.07, 6.45) is 0.722. The average Bonchev–Trinajstić information content (AvgIpc) is 2.17. The van der Waals surface area contributed by atoms with Gasteiger partial charge in [-0.05, 0) is 24.3 Å². The van der Waals surface area contributed by atoms with E-state index >= 15 is 0 Å². The number of benzene rings is 1. The van der Waals surface area contributed by atoms with Crippen molar-refractivity contribution in [3.8, 4) is 0 Å². The Morgan fingerprint density at radius 1 is 1.06 bits per heavy atom. The van der Waals surface area contributed by atoms with E-state index < -0.39 is 0 Å². The Bertz CT molecular complexity index is 286. The zero-order chi connectivity index (χ0) is 12.6. The average molecular weight is 220 g/mol. The monoisotopic (exact) mass is 220 g/mol. The third kappa shape index (κ3) is 8.22. The maximum Gasteiger partial charge on any atom is 0.130 e. The van der Waals surface area contributed by atoms with Crippen LogP contribution in [0.2, 0.25) is 0 Å². The zero-order valence-electron chi connectivity index (χ0n) is 11.2. The lowest BCUT2D eigenvalue weighted by atomic mass is 10.0. The minimum absolute atomic E-state index is 0.287. The van der Waals surface area contributed by atoms with E-state index in [0.29, 0.717) is 11.8 Å². The van der Waals surface area contributed by atoms with Gasteiger partial charge < -0.3 is 4.79 Å². The highest BCUT2D eigenvalue weighted by molar-refractivity contribution is 5.75. The molecule has 1 nitrogen and oxygen atoms in total. The van der Waals surface area contributed by atoms with Crippen molar-refractivity contribution >= 4 is 5.78 Å². The molecule has 0 N–H and O–H groups in total. The number of ketones is 1. The van der Waals surface area contributed by atoms with Gasteiger partial charge in [0.15, 0.2) is 0 Å². The molecule has 0 aromatic heterocycles. The van der Waals surface area contributed by atoms with Gasteiger partial charge >= 0.3 is 0 Å². The van der Waals surface area contributed by atoms with Crippen LogP contribution in [0.5, 0.6) is 0 Å². The SMILES string of the molecule is CC(=O)CC(C)C.CC(C)c1ccccc1. The topological polar surface area (TPSA) is 17.1 Å². The van der Waals surface area contributed by atoms with Crippen LogP contribution >= 0.6 is 0 Å². The Morgan fingerprint density at radius 2 is 1.56 bits per heavy atom. The predicted molar refractivity (Wildman–Crippen MR) is 70.7 cm³/mol. The summed E-state index contributed by atoms with van der Waals surface area (Å²) in [7, 11) is 0. The van der Waals surface area contributed by atoms with Crippen LogP contribution in [0, 0.1) is 5.92 Å². The second kappa shape index (κ2) is 8.09. The molecule has 0 saturated heterocycles. The van der Waals surface area contributed by atoms with Crippen LogP contribution < -0.4 is 0 Å². The predicted octanol–water partition coefficient (Wildman–Crippen LogP) is 4.43. The van der Waals surface area contributed by atoms with Crippen LogP contribution in [-0.2, 0) is 4.79 Å². The molecule has 0 bridgehead atoms. The molecule has 0 aliphatic carbocycles. The molecular formula is C15H24O. The maximum atomic E-state index is 10.3. The molecule has 0 spiro atoms. The quantitative estimate of drug-likeness (QED) is 0.736. The summed E-state index contributed by atoms with van der Waals surface area (Å²) in [5.41, 5.74) is 1.41. The van der Waals surface area contributed by atoms with Crippen LogP contribution in [0.25, 0.3) is 0 Å². The Balaban J connectivity index is 0.000000293. The fourth-order valence-corrected chi connectivity index (χ4v) is 1.41. The van der Waals surface area contributed by atoms with Gasteiger partial charge in [-0.15, -0.1) is 0 Å². The first-order valence-corrected chi connectivity index (χ1v) is 5.97. The van der Waals surface area contributed by atoms with Crippen molar-refractivity contribution in [2.45, 2.75) is 47.0 Å². The first-order valence-electron chi connectivity index (χ1n) is 5.97. The molecule has 0 radical (unpaired) electrons. The van der Waals surface area contributed by atoms with E-state index in [9.17, 15) is 4.79 Å². The Kier molecular flexibility index (Phi) is 7.53. The lowest BCUT2D eigenvalue weighted by Gasteiger charge is -2.01. The normalized spacial score (nSPS) is 9.94. The third-order valence-corrected chi connectivity index (χ3v) is 2.16. The summed E-state index contributed by atoms with van der Waals surface area (Å²) in [6, 6.07) is 10.5. The highest BCUT2D eigenvalue weighted by atomic mass is 16.1. The largest absolute Gasteiger partial charge is 0.300 e. The van der Waals surface area contributed by atoms with Gasteiger partial charge in [0.25, 0.3) is 0 Å². The molecule has 0 saturated carbocycles. The summed E-state index contributed by atoms with van der Waals surface area (Å²) in [4.78, 5) is 10.3. The third-order valence-electron chi connectivity index (χ3n) is 2.16. The Hall–Kier alpha value is -1.11. The van der Waals surface area contributed by atoms with Gasteiger partial charge in [-0.1, -0.05) is 58.0 Å². The van der Waals surface area contributed by atoms with Crippen molar-refractivity contribution in [2.75, 3.05) is 0 Å². The smallest absolute Gasteiger partial charge is 0.130 e. The van der Waals surface area contributed by atoms with Gasteiger partial charge in [-0.25, -0.2) is 0 Å². The second-order valence-corrected chi connectivity index (χ2v) is 4.87. The molecule has 1 rings (SSSR count). The molecule has 16 heavy (non-hydrogen) atoms. The number of carbonyl (C=O) groups is 1. The van der Waals surface area contributed by atoms with E-state index in [4.69, 9.17) is 0 Å². The van der Waals surface area contributed by atoms with E-state index in [1.54, 1.807) is 6.92 Å². The molecule has 0 fully saturated rings. The zero-order valence-corrected chi connectivity index (χ0v) is 11.2. The van der Waals surface area contributed by atoms with Gasteiger partial charge in [0, 0.05) is 6.42 Å². The molecule has 0 atom stereocenters. The van der Waals surface area contributed by atoms with Crippen molar-refractivity contribution in [3.63, 3.8) is 0 Å². The molecule has 1 aromatic carbocycles. The number of hydrogen-bond donors (Lipinski definition) is 0. The number of Topliss-reactive ketones (excluding diaryl/α,β-unsaturated/α-hetero) is 1. The van der Waals surface area contributed by atoms with Crippen LogP contribution in [0.1, 0.15) is 52.5 Å². The Morgan fingerprint density at radius 3 is 1.75 bits per heavy atom. The van der Waals surface area contributed by atoms with Crippen molar-refractivity contribution in [3.05, 3.63) is 35.9 Å². The van der Waals surface area contributed by atoms with Crippen LogP contribution in [0.3, 0.4) is 0 Å². The molecule has 0 aliphatic heterocycles. The van der Waals surface area contributed by atoms with Gasteiger partial charge in [0.2, 0.25) is 0 Å². The van der Waals surface area contributed by atoms with Crippen LogP contribution in [-0.4, -0.2) is 5.78 Å². The summed E-state index contributed by atoms with van der Waals surface area (Å²) in [5.74, 6) is 1.47. The fraction of sp³-hybridized carbons (Fsp3) is 0.533. The molecule has 0 unspecified atom stereocenters. The van der Waals surface area contributed by atoms with E-state index in [1.165, 1.54) is 5.56 Å². The number of carbonyl (C=O) groups excluding carboxylic acids is 1. The molecule has 1 heteroatoms. The van der Waals surface area contributed by atoms with Gasteiger partial charge in [-0.2, -0.15) is 0 Å². The maximum absolute atomic E-state index is 10.3. The lowest BCUT2D eigenvalue weighted by molar-refractivity contribution is -0.117. The van der Waals surface area contributed by atoms with Crippen molar-refractivity contribution in [1.82, 2.24) is 0 Å². The first-order chi connectivity index (χ1) is 7.43. The van der Waals surface area contributed by atoms with Crippen molar-refractivity contribution < 1.29 is 4.79 Å². The minimum Gasteiger partial charge on any atom is -0.300 e. The molecule has 0 aliphatic rings. The number of rotatable bonds is 3. The van der Waals surface area contributed by atoms with Gasteiger partial charge in [0.05, 0.1) is 0 Å². The molecular weight excluding hydrogens is 196 g/mol. The summed E-state index contributed by atoms with van der Waals surface area (Å²) < 4.78 is 0. The van der Waals surface area contributed by atoms with E-state index in [2.05, 4.69) is 38.1 Å². The van der Waals surface area contributed by atoms with E-state index in [0.717, 1.165) is 6.42 Å². The van der Waals surface area contributed by atoms with Crippen LogP contribution in [0.4, 0.5) is 0 Å². The molecule has 1 aromatic rings. The van der Waals surface area contributed by atoms with E-state index in [1.807, 2.05) is 19.9 Å².